The molecule has 0 spiro atoms. The Kier molecular flexibility index (Phi) is 10.2. The molecule has 2 aromatic carbocycles. The van der Waals surface area contributed by atoms with Crippen molar-refractivity contribution in [3.05, 3.63) is 65.2 Å². The minimum atomic E-state index is 0. The van der Waals surface area contributed by atoms with Crippen LogP contribution in [0.1, 0.15) is 16.7 Å². The van der Waals surface area contributed by atoms with Crippen molar-refractivity contribution in [2.24, 2.45) is 4.99 Å². The predicted molar refractivity (Wildman–Crippen MR) is 128 cm³/mol. The number of ether oxygens (including phenoxy) is 2. The molecule has 2 N–H and O–H groups in total. The van der Waals surface area contributed by atoms with Gasteiger partial charge in [-0.05, 0) is 17.2 Å². The van der Waals surface area contributed by atoms with E-state index in [0.29, 0.717) is 6.54 Å². The molecular formula is C22H31IN4O2. The van der Waals surface area contributed by atoms with E-state index in [1.807, 2.05) is 24.3 Å². The molecule has 0 aromatic heterocycles. The zero-order valence-corrected chi connectivity index (χ0v) is 19.5. The van der Waals surface area contributed by atoms with Gasteiger partial charge in [0, 0.05) is 45.3 Å². The van der Waals surface area contributed by atoms with Gasteiger partial charge in [0.1, 0.15) is 5.75 Å². The highest BCUT2D eigenvalue weighted by Crippen LogP contribution is 2.16. The summed E-state index contributed by atoms with van der Waals surface area (Å²) in [5.41, 5.74) is 3.67. The van der Waals surface area contributed by atoms with Crippen LogP contribution in [0.3, 0.4) is 0 Å². The maximum absolute atomic E-state index is 5.43. The summed E-state index contributed by atoms with van der Waals surface area (Å²) in [5, 5.41) is 6.74. The zero-order valence-electron chi connectivity index (χ0n) is 17.2. The molecule has 1 aliphatic heterocycles. The maximum Gasteiger partial charge on any atom is 0.191 e. The van der Waals surface area contributed by atoms with Gasteiger partial charge < -0.3 is 20.1 Å². The summed E-state index contributed by atoms with van der Waals surface area (Å²) in [5.74, 6) is 1.64. The Bertz CT molecular complexity index is 779. The normalized spacial score (nSPS) is 14.8. The molecule has 0 unspecified atom stereocenters. The van der Waals surface area contributed by atoms with Gasteiger partial charge in [-0.15, -0.1) is 24.0 Å². The number of nitrogens with one attached hydrogen (secondary N) is 2. The van der Waals surface area contributed by atoms with Gasteiger partial charge in [0.2, 0.25) is 0 Å². The first-order chi connectivity index (χ1) is 13.8. The Morgan fingerprint density at radius 1 is 1.03 bits per heavy atom. The van der Waals surface area contributed by atoms with Crippen molar-refractivity contribution in [2.75, 3.05) is 40.5 Å². The van der Waals surface area contributed by atoms with Crippen LogP contribution >= 0.6 is 24.0 Å². The third-order valence-corrected chi connectivity index (χ3v) is 4.82. The molecule has 29 heavy (non-hydrogen) atoms. The molecular weight excluding hydrogens is 479 g/mol. The van der Waals surface area contributed by atoms with Crippen LogP contribution in [-0.4, -0.2) is 51.3 Å². The Labute approximate surface area is 190 Å². The van der Waals surface area contributed by atoms with E-state index in [1.54, 1.807) is 14.2 Å². The van der Waals surface area contributed by atoms with Crippen LogP contribution in [-0.2, 0) is 24.4 Å². The molecule has 1 fully saturated rings. The van der Waals surface area contributed by atoms with E-state index in [9.17, 15) is 0 Å². The smallest absolute Gasteiger partial charge is 0.191 e. The molecule has 0 saturated carbocycles. The van der Waals surface area contributed by atoms with Gasteiger partial charge in [-0.3, -0.25) is 9.89 Å². The number of nitrogens with zero attached hydrogens (tertiary/aromatic N) is 2. The van der Waals surface area contributed by atoms with Crippen molar-refractivity contribution in [3.63, 3.8) is 0 Å². The first-order valence-corrected chi connectivity index (χ1v) is 9.73. The zero-order chi connectivity index (χ0) is 19.6. The first-order valence-electron chi connectivity index (χ1n) is 9.73. The molecule has 6 nitrogen and oxygen atoms in total. The second-order valence-electron chi connectivity index (χ2n) is 6.80. The lowest BCUT2D eigenvalue weighted by Gasteiger charge is -2.26. The highest BCUT2D eigenvalue weighted by molar-refractivity contribution is 14.0. The van der Waals surface area contributed by atoms with Gasteiger partial charge in [0.15, 0.2) is 5.96 Å². The van der Waals surface area contributed by atoms with E-state index in [-0.39, 0.29) is 24.0 Å². The van der Waals surface area contributed by atoms with Crippen molar-refractivity contribution >= 4 is 29.9 Å². The first kappa shape index (κ1) is 23.4. The number of halogens is 1. The third-order valence-electron chi connectivity index (χ3n) is 4.82. The van der Waals surface area contributed by atoms with Crippen molar-refractivity contribution in [2.45, 2.75) is 19.6 Å². The number of aliphatic imine (C=N–C) groups is 1. The van der Waals surface area contributed by atoms with Crippen LogP contribution in [0.15, 0.2) is 53.5 Å². The maximum atomic E-state index is 5.43. The van der Waals surface area contributed by atoms with Gasteiger partial charge >= 0.3 is 0 Å². The molecule has 1 aliphatic rings. The quantitative estimate of drug-likeness (QED) is 0.341. The lowest BCUT2D eigenvalue weighted by Crippen LogP contribution is -2.36. The number of rotatable bonds is 7. The standard InChI is InChI=1S/C22H30N4O2.HI/c1-23-22(25-16-20-8-3-4-9-21(20)27-2)24-15-18-6-5-7-19(14-18)17-26-10-12-28-13-11-26;/h3-9,14H,10-13,15-17H2,1-2H3,(H2,23,24,25);1H. The largest absolute Gasteiger partial charge is 0.496 e. The molecule has 0 bridgehead atoms. The van der Waals surface area contributed by atoms with Crippen LogP contribution in [0.5, 0.6) is 5.75 Å². The lowest BCUT2D eigenvalue weighted by atomic mass is 10.1. The number of hydrogen-bond acceptors (Lipinski definition) is 4. The van der Waals surface area contributed by atoms with Crippen molar-refractivity contribution in [3.8, 4) is 5.75 Å². The molecule has 158 valence electrons. The Morgan fingerprint density at radius 2 is 1.76 bits per heavy atom. The fraction of sp³-hybridized carbons (Fsp3) is 0.409. The summed E-state index contributed by atoms with van der Waals surface area (Å²) in [4.78, 5) is 6.76. The van der Waals surface area contributed by atoms with Gasteiger partial charge in [-0.2, -0.15) is 0 Å². The monoisotopic (exact) mass is 510 g/mol. The highest BCUT2D eigenvalue weighted by Gasteiger charge is 2.11. The summed E-state index contributed by atoms with van der Waals surface area (Å²) < 4.78 is 10.8. The van der Waals surface area contributed by atoms with Crippen LogP contribution in [0, 0.1) is 0 Å². The fourth-order valence-corrected chi connectivity index (χ4v) is 3.29. The summed E-state index contributed by atoms with van der Waals surface area (Å²) in [6, 6.07) is 16.7. The molecule has 0 amide bonds. The van der Waals surface area contributed by atoms with Gasteiger partial charge in [-0.1, -0.05) is 42.5 Å². The Morgan fingerprint density at radius 3 is 2.52 bits per heavy atom. The average Bonchev–Trinajstić information content (AvgIpc) is 2.75. The van der Waals surface area contributed by atoms with Gasteiger partial charge in [0.25, 0.3) is 0 Å². The van der Waals surface area contributed by atoms with E-state index in [1.165, 1.54) is 11.1 Å². The third kappa shape index (κ3) is 7.49. The second kappa shape index (κ2) is 12.7. The van der Waals surface area contributed by atoms with E-state index < -0.39 is 0 Å². The molecule has 1 heterocycles. The van der Waals surface area contributed by atoms with Crippen LogP contribution in [0.25, 0.3) is 0 Å². The summed E-state index contributed by atoms with van der Waals surface area (Å²) >= 11 is 0. The molecule has 0 atom stereocenters. The van der Waals surface area contributed by atoms with Gasteiger partial charge in [0.05, 0.1) is 20.3 Å². The van der Waals surface area contributed by atoms with Crippen LogP contribution in [0.2, 0.25) is 0 Å². The fourth-order valence-electron chi connectivity index (χ4n) is 3.29. The summed E-state index contributed by atoms with van der Waals surface area (Å²) in [7, 11) is 3.47. The predicted octanol–water partition coefficient (Wildman–Crippen LogP) is 3.01. The SMILES string of the molecule is CN=C(NCc1cccc(CN2CCOCC2)c1)NCc1ccccc1OC.I. The van der Waals surface area contributed by atoms with Crippen molar-refractivity contribution in [1.82, 2.24) is 15.5 Å². The Balaban J connectivity index is 0.00000300. The minimum absolute atomic E-state index is 0. The number of morpholine rings is 1. The molecule has 0 aliphatic carbocycles. The van der Waals surface area contributed by atoms with Gasteiger partial charge in [-0.25, -0.2) is 0 Å². The van der Waals surface area contributed by atoms with E-state index >= 15 is 0 Å². The number of benzene rings is 2. The highest BCUT2D eigenvalue weighted by atomic mass is 127. The second-order valence-corrected chi connectivity index (χ2v) is 6.80. The molecule has 0 radical (unpaired) electrons. The van der Waals surface area contributed by atoms with E-state index in [4.69, 9.17) is 9.47 Å². The molecule has 1 saturated heterocycles. The van der Waals surface area contributed by atoms with Crippen LogP contribution in [0.4, 0.5) is 0 Å². The number of methoxy groups -OCH3 is 1. The summed E-state index contributed by atoms with van der Waals surface area (Å²) in [6.45, 7) is 6.01. The van der Waals surface area contributed by atoms with Crippen molar-refractivity contribution < 1.29 is 9.47 Å². The Hall–Kier alpha value is -1.84. The topological polar surface area (TPSA) is 58.1 Å². The average molecular weight is 510 g/mol. The number of para-hydroxylation sites is 1. The number of guanidine groups is 1. The lowest BCUT2D eigenvalue weighted by molar-refractivity contribution is 0.0342. The van der Waals surface area contributed by atoms with E-state index in [2.05, 4.69) is 44.8 Å². The van der Waals surface area contributed by atoms with E-state index in [0.717, 1.165) is 56.7 Å². The van der Waals surface area contributed by atoms with Crippen LogP contribution < -0.4 is 15.4 Å². The molecule has 3 rings (SSSR count). The van der Waals surface area contributed by atoms with Crippen molar-refractivity contribution in [1.29, 1.82) is 0 Å². The summed E-state index contributed by atoms with van der Waals surface area (Å²) in [6.07, 6.45) is 0. The minimum Gasteiger partial charge on any atom is -0.496 e. The molecule has 2 aromatic rings. The molecule has 7 heteroatoms. The number of hydrogen-bond donors (Lipinski definition) is 2.